The van der Waals surface area contributed by atoms with Crippen molar-refractivity contribution in [1.29, 1.82) is 0 Å². The van der Waals surface area contributed by atoms with Crippen molar-refractivity contribution in [3.63, 3.8) is 0 Å². The first-order valence-corrected chi connectivity index (χ1v) is 10.2. The van der Waals surface area contributed by atoms with Gasteiger partial charge in [0, 0.05) is 18.4 Å². The Morgan fingerprint density at radius 3 is 2.35 bits per heavy atom. The lowest BCUT2D eigenvalue weighted by Gasteiger charge is -2.40. The quantitative estimate of drug-likeness (QED) is 0.555. The van der Waals surface area contributed by atoms with Crippen molar-refractivity contribution in [2.24, 2.45) is 17.8 Å². The number of allylic oxidation sites excluding steroid dienone is 2. The van der Waals surface area contributed by atoms with Gasteiger partial charge in [0.1, 0.15) is 0 Å². The van der Waals surface area contributed by atoms with Gasteiger partial charge in [0.15, 0.2) is 12.1 Å². The molecule has 0 aromatic rings. The summed E-state index contributed by atoms with van der Waals surface area (Å²) in [5.74, 6) is 0.954. The predicted molar refractivity (Wildman–Crippen MR) is 108 cm³/mol. The second kappa shape index (κ2) is 10.6. The second-order valence-electron chi connectivity index (χ2n) is 8.76. The third kappa shape index (κ3) is 6.79. The number of nitrogens with zero attached hydrogens (tertiary/aromatic N) is 1. The van der Waals surface area contributed by atoms with E-state index in [-0.39, 0.29) is 30.2 Å². The van der Waals surface area contributed by atoms with Crippen molar-refractivity contribution in [3.8, 4) is 0 Å². The minimum Gasteiger partial charge on any atom is -0.350 e. The third-order valence-electron chi connectivity index (χ3n) is 5.70. The van der Waals surface area contributed by atoms with Gasteiger partial charge in [-0.3, -0.25) is 4.79 Å². The van der Waals surface area contributed by atoms with E-state index >= 15 is 0 Å². The number of carbonyl (C=O) groups is 1. The normalized spacial score (nSPS) is 28.3. The highest BCUT2D eigenvalue weighted by molar-refractivity contribution is 5.96. The van der Waals surface area contributed by atoms with Gasteiger partial charge >= 0.3 is 0 Å². The Labute approximate surface area is 161 Å². The number of Topliss-reactive ketones (excluding diaryl/α,β-unsaturated/α-hetero) is 1. The number of ketones is 1. The van der Waals surface area contributed by atoms with Crippen LogP contribution in [0.4, 0.5) is 0 Å². The van der Waals surface area contributed by atoms with E-state index < -0.39 is 0 Å². The summed E-state index contributed by atoms with van der Waals surface area (Å²) in [5.41, 5.74) is 0.852. The molecule has 1 aliphatic rings. The van der Waals surface area contributed by atoms with Crippen LogP contribution in [0.3, 0.4) is 0 Å². The fourth-order valence-corrected chi connectivity index (χ4v) is 4.03. The zero-order chi connectivity index (χ0) is 20.0. The maximum absolute atomic E-state index is 12.4. The summed E-state index contributed by atoms with van der Waals surface area (Å²) in [6, 6.07) is 0.490. The molecule has 1 fully saturated rings. The van der Waals surface area contributed by atoms with Crippen molar-refractivity contribution in [2.75, 3.05) is 14.1 Å². The van der Waals surface area contributed by atoms with Gasteiger partial charge in [-0.1, -0.05) is 33.8 Å². The van der Waals surface area contributed by atoms with Crippen LogP contribution in [0, 0.1) is 17.8 Å². The van der Waals surface area contributed by atoms with Crippen LogP contribution in [-0.2, 0) is 14.3 Å². The van der Waals surface area contributed by atoms with Crippen LogP contribution < -0.4 is 0 Å². The molecule has 0 aliphatic carbocycles. The lowest BCUT2D eigenvalue weighted by molar-refractivity contribution is -0.236. The predicted octanol–water partition coefficient (Wildman–Crippen LogP) is 4.68. The smallest absolute Gasteiger partial charge is 0.161 e. The van der Waals surface area contributed by atoms with Crippen LogP contribution in [0.25, 0.3) is 0 Å². The van der Waals surface area contributed by atoms with Crippen LogP contribution in [-0.4, -0.2) is 49.3 Å². The molecule has 26 heavy (non-hydrogen) atoms. The van der Waals surface area contributed by atoms with Gasteiger partial charge in [-0.05, 0) is 65.1 Å². The first kappa shape index (κ1) is 23.3. The van der Waals surface area contributed by atoms with Crippen molar-refractivity contribution >= 4 is 5.78 Å². The maximum Gasteiger partial charge on any atom is 0.161 e. The molecule has 4 heteroatoms. The molecule has 0 spiro atoms. The number of ether oxygens (including phenoxy) is 2. The van der Waals surface area contributed by atoms with E-state index in [1.807, 2.05) is 26.8 Å². The standard InChI is InChI=1S/C22H41NO3/c1-10-15(4)21(24)16(5)11-17(6)22(14(2)3)26-20-13-19(23(8)9)12-18(7)25-20/h10,14,16-20,22H,11-13H2,1-9H3/b15-10+/t16-,17?,18?,19?,20?,22?/m1/s1. The summed E-state index contributed by atoms with van der Waals surface area (Å²) in [6.07, 6.45) is 4.83. The topological polar surface area (TPSA) is 38.8 Å². The van der Waals surface area contributed by atoms with E-state index in [0.717, 1.165) is 24.8 Å². The van der Waals surface area contributed by atoms with Crippen LogP contribution in [0.1, 0.15) is 67.7 Å². The molecular weight excluding hydrogens is 326 g/mol. The van der Waals surface area contributed by atoms with Crippen molar-refractivity contribution in [2.45, 2.75) is 92.3 Å². The van der Waals surface area contributed by atoms with Gasteiger partial charge in [0.05, 0.1) is 12.2 Å². The van der Waals surface area contributed by atoms with Gasteiger partial charge in [0.2, 0.25) is 0 Å². The summed E-state index contributed by atoms with van der Waals surface area (Å²) >= 11 is 0. The Morgan fingerprint density at radius 1 is 1.23 bits per heavy atom. The van der Waals surface area contributed by atoms with E-state index in [2.05, 4.69) is 46.7 Å². The van der Waals surface area contributed by atoms with Crippen molar-refractivity contribution in [1.82, 2.24) is 4.90 Å². The molecule has 0 saturated carbocycles. The van der Waals surface area contributed by atoms with Gasteiger partial charge < -0.3 is 14.4 Å². The molecule has 0 bridgehead atoms. The van der Waals surface area contributed by atoms with Gasteiger partial charge in [-0.15, -0.1) is 0 Å². The summed E-state index contributed by atoms with van der Waals surface area (Å²) in [7, 11) is 4.25. The van der Waals surface area contributed by atoms with E-state index in [0.29, 0.717) is 17.9 Å². The van der Waals surface area contributed by atoms with Crippen LogP contribution in [0.2, 0.25) is 0 Å². The SMILES string of the molecule is C/C=C(\C)C(=O)[C@H](C)CC(C)C(OC1CC(N(C)C)CC(C)O1)C(C)C. The molecule has 0 aromatic heterocycles. The molecule has 1 saturated heterocycles. The molecule has 4 nitrogen and oxygen atoms in total. The average molecular weight is 368 g/mol. The van der Waals surface area contributed by atoms with Crippen LogP contribution >= 0.6 is 0 Å². The zero-order valence-electron chi connectivity index (χ0n) is 18.4. The summed E-state index contributed by atoms with van der Waals surface area (Å²) in [5, 5.41) is 0. The van der Waals surface area contributed by atoms with Gasteiger partial charge in [0.25, 0.3) is 0 Å². The first-order valence-electron chi connectivity index (χ1n) is 10.2. The minimum absolute atomic E-state index is 0.0202. The Kier molecular flexibility index (Phi) is 9.49. The number of carbonyl (C=O) groups excluding carboxylic acids is 1. The van der Waals surface area contributed by atoms with Gasteiger partial charge in [-0.2, -0.15) is 0 Å². The molecule has 6 atom stereocenters. The highest BCUT2D eigenvalue weighted by atomic mass is 16.7. The Bertz CT molecular complexity index is 472. The second-order valence-corrected chi connectivity index (χ2v) is 8.76. The lowest BCUT2D eigenvalue weighted by Crippen LogP contribution is -2.45. The van der Waals surface area contributed by atoms with Crippen molar-refractivity contribution < 1.29 is 14.3 Å². The molecule has 1 aliphatic heterocycles. The summed E-state index contributed by atoms with van der Waals surface area (Å²) < 4.78 is 12.5. The van der Waals surface area contributed by atoms with Crippen LogP contribution in [0.15, 0.2) is 11.6 Å². The largest absolute Gasteiger partial charge is 0.350 e. The van der Waals surface area contributed by atoms with Crippen molar-refractivity contribution in [3.05, 3.63) is 11.6 Å². The molecule has 0 amide bonds. The van der Waals surface area contributed by atoms with Crippen LogP contribution in [0.5, 0.6) is 0 Å². The third-order valence-corrected chi connectivity index (χ3v) is 5.70. The van der Waals surface area contributed by atoms with Gasteiger partial charge in [-0.25, -0.2) is 0 Å². The van der Waals surface area contributed by atoms with E-state index in [4.69, 9.17) is 9.47 Å². The molecule has 1 heterocycles. The number of rotatable bonds is 9. The zero-order valence-corrected chi connectivity index (χ0v) is 18.4. The lowest BCUT2D eigenvalue weighted by atomic mass is 9.84. The first-order chi connectivity index (χ1) is 12.1. The van der Waals surface area contributed by atoms with E-state index in [1.54, 1.807) is 0 Å². The molecule has 152 valence electrons. The Balaban J connectivity index is 2.74. The summed E-state index contributed by atoms with van der Waals surface area (Å²) in [6.45, 7) is 14.6. The van der Waals surface area contributed by atoms with E-state index in [9.17, 15) is 4.79 Å². The maximum atomic E-state index is 12.4. The van der Waals surface area contributed by atoms with E-state index in [1.165, 1.54) is 0 Å². The highest BCUT2D eigenvalue weighted by Gasteiger charge is 2.34. The molecule has 0 aromatic carbocycles. The number of hydrogen-bond donors (Lipinski definition) is 0. The highest BCUT2D eigenvalue weighted by Crippen LogP contribution is 2.30. The monoisotopic (exact) mass is 367 g/mol. The molecule has 0 N–H and O–H groups in total. The fraction of sp³-hybridized carbons (Fsp3) is 0.864. The Hall–Kier alpha value is -0.710. The molecule has 0 radical (unpaired) electrons. The molecule has 1 rings (SSSR count). The Morgan fingerprint density at radius 2 is 1.85 bits per heavy atom. The molecular formula is C22H41NO3. The number of hydrogen-bond acceptors (Lipinski definition) is 4. The minimum atomic E-state index is -0.163. The fourth-order valence-electron chi connectivity index (χ4n) is 4.03. The molecule has 5 unspecified atom stereocenters. The average Bonchev–Trinajstić information content (AvgIpc) is 2.57. The summed E-state index contributed by atoms with van der Waals surface area (Å²) in [4.78, 5) is 14.7.